The van der Waals surface area contributed by atoms with Crippen molar-refractivity contribution >= 4 is 5.97 Å². The summed E-state index contributed by atoms with van der Waals surface area (Å²) in [5.74, 6) is -0.274. The Morgan fingerprint density at radius 3 is 2.17 bits per heavy atom. The summed E-state index contributed by atoms with van der Waals surface area (Å²) in [6, 6.07) is 9.10. The van der Waals surface area contributed by atoms with Gasteiger partial charge in [0, 0.05) is 7.11 Å². The third-order valence-corrected chi connectivity index (χ3v) is 4.12. The van der Waals surface area contributed by atoms with Crippen LogP contribution in [0.3, 0.4) is 0 Å². The van der Waals surface area contributed by atoms with Gasteiger partial charge in [0.25, 0.3) is 0 Å². The van der Waals surface area contributed by atoms with Crippen LogP contribution in [0.5, 0.6) is 0 Å². The molecular formula is C20H32O3. The molecule has 130 valence electrons. The highest BCUT2D eigenvalue weighted by atomic mass is 16.6. The monoisotopic (exact) mass is 320 g/mol. The summed E-state index contributed by atoms with van der Waals surface area (Å²) in [5.41, 5.74) is 0.592. The van der Waals surface area contributed by atoms with Gasteiger partial charge < -0.3 is 9.47 Å². The van der Waals surface area contributed by atoms with Crippen LogP contribution >= 0.6 is 0 Å². The first kappa shape index (κ1) is 19.7. The summed E-state index contributed by atoms with van der Waals surface area (Å²) in [7, 11) is 1.69. The van der Waals surface area contributed by atoms with E-state index in [0.29, 0.717) is 12.2 Å². The molecule has 0 saturated heterocycles. The molecule has 3 nitrogen and oxygen atoms in total. The van der Waals surface area contributed by atoms with Crippen molar-refractivity contribution < 1.29 is 14.3 Å². The average Bonchev–Trinajstić information content (AvgIpc) is 2.60. The van der Waals surface area contributed by atoms with E-state index in [4.69, 9.17) is 9.47 Å². The van der Waals surface area contributed by atoms with E-state index in [1.165, 1.54) is 44.9 Å². The molecule has 1 unspecified atom stereocenters. The van der Waals surface area contributed by atoms with Gasteiger partial charge in [0.15, 0.2) is 0 Å². The van der Waals surface area contributed by atoms with Crippen LogP contribution in [0.15, 0.2) is 30.3 Å². The molecule has 1 rings (SSSR count). The van der Waals surface area contributed by atoms with Crippen molar-refractivity contribution in [3.05, 3.63) is 35.9 Å². The van der Waals surface area contributed by atoms with Crippen molar-refractivity contribution in [2.24, 2.45) is 0 Å². The Morgan fingerprint density at radius 2 is 1.57 bits per heavy atom. The zero-order valence-electron chi connectivity index (χ0n) is 14.8. The largest absolute Gasteiger partial charge is 0.459 e. The minimum atomic E-state index is -0.274. The maximum absolute atomic E-state index is 11.9. The zero-order chi connectivity index (χ0) is 16.8. The first-order valence-electron chi connectivity index (χ1n) is 9.03. The van der Waals surface area contributed by atoms with Gasteiger partial charge in [-0.3, -0.25) is 0 Å². The fraction of sp³-hybridized carbons (Fsp3) is 0.650. The lowest BCUT2D eigenvalue weighted by molar-refractivity contribution is 0.00718. The summed E-state index contributed by atoms with van der Waals surface area (Å²) in [6.45, 7) is 2.58. The van der Waals surface area contributed by atoms with Gasteiger partial charge in [-0.1, -0.05) is 76.5 Å². The Hall–Kier alpha value is -1.35. The molecule has 1 atom stereocenters. The van der Waals surface area contributed by atoms with E-state index in [-0.39, 0.29) is 12.1 Å². The van der Waals surface area contributed by atoms with Gasteiger partial charge in [0.1, 0.15) is 6.61 Å². The molecule has 0 N–H and O–H groups in total. The Balaban J connectivity index is 2.09. The van der Waals surface area contributed by atoms with Gasteiger partial charge >= 0.3 is 5.97 Å². The molecule has 0 aliphatic carbocycles. The third-order valence-electron chi connectivity index (χ3n) is 4.12. The molecular weight excluding hydrogens is 288 g/mol. The van der Waals surface area contributed by atoms with E-state index in [9.17, 15) is 4.79 Å². The number of ether oxygens (including phenoxy) is 2. The summed E-state index contributed by atoms with van der Waals surface area (Å²) in [5, 5.41) is 0. The average molecular weight is 320 g/mol. The highest BCUT2D eigenvalue weighted by molar-refractivity contribution is 5.89. The molecule has 0 aromatic heterocycles. The molecule has 23 heavy (non-hydrogen) atoms. The summed E-state index contributed by atoms with van der Waals surface area (Å²) < 4.78 is 10.8. The van der Waals surface area contributed by atoms with Gasteiger partial charge in [-0.2, -0.15) is 0 Å². The van der Waals surface area contributed by atoms with Crippen molar-refractivity contribution in [1.82, 2.24) is 0 Å². The number of esters is 1. The zero-order valence-corrected chi connectivity index (χ0v) is 14.8. The smallest absolute Gasteiger partial charge is 0.338 e. The Morgan fingerprint density at radius 1 is 0.957 bits per heavy atom. The predicted octanol–water partition coefficient (Wildman–Crippen LogP) is 5.39. The third kappa shape index (κ3) is 9.39. The van der Waals surface area contributed by atoms with Crippen LogP contribution in [-0.2, 0) is 9.47 Å². The van der Waals surface area contributed by atoms with E-state index < -0.39 is 0 Å². The van der Waals surface area contributed by atoms with E-state index in [1.54, 1.807) is 19.2 Å². The fourth-order valence-corrected chi connectivity index (χ4v) is 2.60. The maximum atomic E-state index is 11.9. The summed E-state index contributed by atoms with van der Waals surface area (Å²) in [6.07, 6.45) is 11.3. The number of rotatable bonds is 13. The second kappa shape index (κ2) is 13.1. The standard InChI is InChI=1S/C20H32O3/c1-3-4-5-6-7-8-9-13-16-19(22-2)17-23-20(21)18-14-11-10-12-15-18/h10-12,14-15,19H,3-9,13,16-17H2,1-2H3. The normalized spacial score (nSPS) is 12.1. The van der Waals surface area contributed by atoms with Crippen LogP contribution < -0.4 is 0 Å². The first-order valence-corrected chi connectivity index (χ1v) is 9.03. The molecule has 0 fully saturated rings. The highest BCUT2D eigenvalue weighted by Crippen LogP contribution is 2.12. The first-order chi connectivity index (χ1) is 11.3. The lowest BCUT2D eigenvalue weighted by atomic mass is 10.1. The minimum absolute atomic E-state index is 0.00255. The molecule has 0 spiro atoms. The molecule has 1 aromatic carbocycles. The van der Waals surface area contributed by atoms with Gasteiger partial charge in [0.05, 0.1) is 11.7 Å². The van der Waals surface area contributed by atoms with Gasteiger partial charge in [0.2, 0.25) is 0 Å². The number of methoxy groups -OCH3 is 1. The van der Waals surface area contributed by atoms with E-state index in [1.807, 2.05) is 18.2 Å². The van der Waals surface area contributed by atoms with Crippen molar-refractivity contribution in [1.29, 1.82) is 0 Å². The Bertz CT molecular complexity index is 403. The number of benzene rings is 1. The maximum Gasteiger partial charge on any atom is 0.338 e. The Labute approximate surface area is 141 Å². The molecule has 1 aromatic rings. The van der Waals surface area contributed by atoms with E-state index in [2.05, 4.69) is 6.92 Å². The van der Waals surface area contributed by atoms with E-state index in [0.717, 1.165) is 12.8 Å². The van der Waals surface area contributed by atoms with Crippen LogP contribution in [0, 0.1) is 0 Å². The van der Waals surface area contributed by atoms with Gasteiger partial charge in [-0.05, 0) is 18.6 Å². The second-order valence-electron chi connectivity index (χ2n) is 6.09. The molecule has 0 amide bonds. The number of carbonyl (C=O) groups is 1. The SMILES string of the molecule is CCCCCCCCCCC(COC(=O)c1ccccc1)OC. The molecule has 0 radical (unpaired) electrons. The number of carbonyl (C=O) groups excluding carboxylic acids is 1. The van der Waals surface area contributed by atoms with Crippen molar-refractivity contribution in [2.45, 2.75) is 70.8 Å². The van der Waals surface area contributed by atoms with Gasteiger partial charge in [-0.25, -0.2) is 4.79 Å². The predicted molar refractivity (Wildman–Crippen MR) is 94.7 cm³/mol. The molecule has 0 aliphatic heterocycles. The van der Waals surface area contributed by atoms with Gasteiger partial charge in [-0.15, -0.1) is 0 Å². The second-order valence-corrected chi connectivity index (χ2v) is 6.09. The summed E-state index contributed by atoms with van der Waals surface area (Å²) >= 11 is 0. The molecule has 0 aliphatic rings. The lowest BCUT2D eigenvalue weighted by Gasteiger charge is -2.15. The Kier molecular flexibility index (Phi) is 11.2. The van der Waals surface area contributed by atoms with Crippen LogP contribution in [0.2, 0.25) is 0 Å². The highest BCUT2D eigenvalue weighted by Gasteiger charge is 2.12. The topological polar surface area (TPSA) is 35.5 Å². The molecule has 0 saturated carbocycles. The van der Waals surface area contributed by atoms with Crippen LogP contribution in [0.1, 0.15) is 75.1 Å². The molecule has 0 heterocycles. The van der Waals surface area contributed by atoms with Crippen molar-refractivity contribution in [3.63, 3.8) is 0 Å². The van der Waals surface area contributed by atoms with Crippen LogP contribution in [0.25, 0.3) is 0 Å². The lowest BCUT2D eigenvalue weighted by Crippen LogP contribution is -2.21. The van der Waals surface area contributed by atoms with Crippen LogP contribution in [0.4, 0.5) is 0 Å². The number of hydrogen-bond acceptors (Lipinski definition) is 3. The van der Waals surface area contributed by atoms with Crippen molar-refractivity contribution in [3.8, 4) is 0 Å². The quantitative estimate of drug-likeness (QED) is 0.361. The number of hydrogen-bond donors (Lipinski definition) is 0. The summed E-state index contributed by atoms with van der Waals surface area (Å²) in [4.78, 5) is 11.9. The molecule has 0 bridgehead atoms. The van der Waals surface area contributed by atoms with Crippen molar-refractivity contribution in [2.75, 3.05) is 13.7 Å². The van der Waals surface area contributed by atoms with Crippen LogP contribution in [-0.4, -0.2) is 25.8 Å². The molecule has 3 heteroatoms. The minimum Gasteiger partial charge on any atom is -0.459 e. The van der Waals surface area contributed by atoms with E-state index >= 15 is 0 Å². The number of unbranched alkanes of at least 4 members (excludes halogenated alkanes) is 7. The fourth-order valence-electron chi connectivity index (χ4n) is 2.60.